The van der Waals surface area contributed by atoms with E-state index in [0.717, 1.165) is 5.56 Å². The lowest BCUT2D eigenvalue weighted by Gasteiger charge is -2.29. The molecule has 1 fully saturated rings. The molecule has 1 saturated heterocycles. The van der Waals surface area contributed by atoms with Gasteiger partial charge in [-0.15, -0.1) is 0 Å². The molecule has 1 aliphatic heterocycles. The molecule has 1 aliphatic rings. The van der Waals surface area contributed by atoms with Crippen LogP contribution in [0.1, 0.15) is 18.9 Å². The van der Waals surface area contributed by atoms with Crippen LogP contribution in [0.15, 0.2) is 24.3 Å². The summed E-state index contributed by atoms with van der Waals surface area (Å²) in [6.07, 6.45) is 0.600. The number of carboxylic acid groups (broad SMARTS) is 1. The first-order valence-electron chi connectivity index (χ1n) is 5.28. The van der Waals surface area contributed by atoms with Gasteiger partial charge in [-0.05, 0) is 37.6 Å². The summed E-state index contributed by atoms with van der Waals surface area (Å²) in [5, 5.41) is 12.3. The van der Waals surface area contributed by atoms with Gasteiger partial charge in [0.1, 0.15) is 5.82 Å². The first-order chi connectivity index (χ1) is 7.54. The minimum absolute atomic E-state index is 0.308. The Hall–Kier alpha value is -1.42. The van der Waals surface area contributed by atoms with E-state index in [4.69, 9.17) is 5.11 Å². The summed E-state index contributed by atoms with van der Waals surface area (Å²) < 4.78 is 12.8. The molecule has 1 aromatic rings. The first kappa shape index (κ1) is 11.1. The SMILES string of the molecule is CC1(c2ccc(F)cc2)NCCC1C(=O)O. The Bertz CT molecular complexity index is 404. The van der Waals surface area contributed by atoms with Gasteiger partial charge in [-0.3, -0.25) is 4.79 Å². The molecule has 1 aromatic carbocycles. The number of hydrogen-bond donors (Lipinski definition) is 2. The van der Waals surface area contributed by atoms with Crippen LogP contribution >= 0.6 is 0 Å². The summed E-state index contributed by atoms with van der Waals surface area (Å²) in [7, 11) is 0. The predicted molar refractivity (Wildman–Crippen MR) is 57.5 cm³/mol. The molecule has 2 N–H and O–H groups in total. The van der Waals surface area contributed by atoms with Gasteiger partial charge in [-0.2, -0.15) is 0 Å². The van der Waals surface area contributed by atoms with E-state index < -0.39 is 17.4 Å². The van der Waals surface area contributed by atoms with E-state index in [1.54, 1.807) is 12.1 Å². The van der Waals surface area contributed by atoms with Gasteiger partial charge in [-0.25, -0.2) is 4.39 Å². The van der Waals surface area contributed by atoms with Crippen LogP contribution in [0.25, 0.3) is 0 Å². The summed E-state index contributed by atoms with van der Waals surface area (Å²) >= 11 is 0. The average molecular weight is 223 g/mol. The molecule has 3 nitrogen and oxygen atoms in total. The van der Waals surface area contributed by atoms with Crippen molar-refractivity contribution in [2.24, 2.45) is 5.92 Å². The Balaban J connectivity index is 2.37. The van der Waals surface area contributed by atoms with E-state index in [1.807, 2.05) is 6.92 Å². The second-order valence-corrected chi connectivity index (χ2v) is 4.32. The highest BCUT2D eigenvalue weighted by atomic mass is 19.1. The minimum Gasteiger partial charge on any atom is -0.481 e. The number of aliphatic carboxylic acids is 1. The van der Waals surface area contributed by atoms with Gasteiger partial charge >= 0.3 is 5.97 Å². The van der Waals surface area contributed by atoms with Crippen molar-refractivity contribution in [2.75, 3.05) is 6.54 Å². The molecule has 2 atom stereocenters. The molecule has 4 heteroatoms. The number of carboxylic acids is 1. The van der Waals surface area contributed by atoms with Gasteiger partial charge in [0.05, 0.1) is 11.5 Å². The Morgan fingerprint density at radius 2 is 2.12 bits per heavy atom. The van der Waals surface area contributed by atoms with Gasteiger partial charge in [0.2, 0.25) is 0 Å². The van der Waals surface area contributed by atoms with Gasteiger partial charge in [0.15, 0.2) is 0 Å². The molecule has 0 bridgehead atoms. The smallest absolute Gasteiger partial charge is 0.308 e. The second-order valence-electron chi connectivity index (χ2n) is 4.32. The molecule has 1 heterocycles. The Labute approximate surface area is 93.3 Å². The molecule has 0 radical (unpaired) electrons. The van der Waals surface area contributed by atoms with Gasteiger partial charge in [0.25, 0.3) is 0 Å². The van der Waals surface area contributed by atoms with E-state index in [-0.39, 0.29) is 5.82 Å². The van der Waals surface area contributed by atoms with Crippen LogP contribution in [-0.2, 0) is 10.3 Å². The van der Waals surface area contributed by atoms with E-state index in [9.17, 15) is 9.18 Å². The predicted octanol–water partition coefficient (Wildman–Crippen LogP) is 1.73. The van der Waals surface area contributed by atoms with Crippen molar-refractivity contribution in [1.29, 1.82) is 0 Å². The van der Waals surface area contributed by atoms with Crippen LogP contribution in [0.3, 0.4) is 0 Å². The molecule has 0 aliphatic carbocycles. The zero-order chi connectivity index (χ0) is 11.8. The highest BCUT2D eigenvalue weighted by Crippen LogP contribution is 2.36. The first-order valence-corrected chi connectivity index (χ1v) is 5.28. The summed E-state index contributed by atoms with van der Waals surface area (Å²) in [6, 6.07) is 6.01. The van der Waals surface area contributed by atoms with Gasteiger partial charge in [-0.1, -0.05) is 12.1 Å². The molecule has 2 unspecified atom stereocenters. The third kappa shape index (κ3) is 1.69. The monoisotopic (exact) mass is 223 g/mol. The molecule has 2 rings (SSSR count). The van der Waals surface area contributed by atoms with E-state index in [2.05, 4.69) is 5.32 Å². The largest absolute Gasteiger partial charge is 0.481 e. The minimum atomic E-state index is -0.808. The number of halogens is 1. The molecule has 0 spiro atoms. The highest BCUT2D eigenvalue weighted by molar-refractivity contribution is 5.72. The van der Waals surface area contributed by atoms with Crippen molar-refractivity contribution < 1.29 is 14.3 Å². The van der Waals surface area contributed by atoms with Crippen LogP contribution < -0.4 is 5.32 Å². The maximum Gasteiger partial charge on any atom is 0.308 e. The molecule has 0 saturated carbocycles. The second kappa shape index (κ2) is 3.87. The van der Waals surface area contributed by atoms with E-state index in [0.29, 0.717) is 13.0 Å². The third-order valence-corrected chi connectivity index (χ3v) is 3.36. The quantitative estimate of drug-likeness (QED) is 0.802. The van der Waals surface area contributed by atoms with Crippen molar-refractivity contribution in [3.05, 3.63) is 35.6 Å². The molecule has 0 aromatic heterocycles. The fourth-order valence-electron chi connectivity index (χ4n) is 2.36. The molecule has 16 heavy (non-hydrogen) atoms. The van der Waals surface area contributed by atoms with E-state index in [1.165, 1.54) is 12.1 Å². The van der Waals surface area contributed by atoms with Crippen LogP contribution in [0.4, 0.5) is 4.39 Å². The normalized spacial score (nSPS) is 29.2. The Morgan fingerprint density at radius 3 is 2.69 bits per heavy atom. The van der Waals surface area contributed by atoms with Crippen molar-refractivity contribution >= 4 is 5.97 Å². The van der Waals surface area contributed by atoms with Crippen LogP contribution in [-0.4, -0.2) is 17.6 Å². The summed E-state index contributed by atoms with van der Waals surface area (Å²) in [6.45, 7) is 2.52. The van der Waals surface area contributed by atoms with Gasteiger partial charge in [0, 0.05) is 0 Å². The highest BCUT2D eigenvalue weighted by Gasteiger charge is 2.44. The van der Waals surface area contributed by atoms with Crippen molar-refractivity contribution in [1.82, 2.24) is 5.32 Å². The topological polar surface area (TPSA) is 49.3 Å². The van der Waals surface area contributed by atoms with Crippen LogP contribution in [0, 0.1) is 11.7 Å². The molecule has 86 valence electrons. The standard InChI is InChI=1S/C12H14FNO2/c1-12(8-2-4-9(13)5-3-8)10(11(15)16)6-7-14-12/h2-5,10,14H,6-7H2,1H3,(H,15,16). The lowest BCUT2D eigenvalue weighted by molar-refractivity contribution is -0.143. The Kier molecular flexibility index (Phi) is 2.68. The number of nitrogens with one attached hydrogen (secondary N) is 1. The number of benzene rings is 1. The number of carbonyl (C=O) groups is 1. The van der Waals surface area contributed by atoms with Crippen LogP contribution in [0.2, 0.25) is 0 Å². The maximum atomic E-state index is 12.8. The lowest BCUT2D eigenvalue weighted by atomic mass is 9.81. The third-order valence-electron chi connectivity index (χ3n) is 3.36. The Morgan fingerprint density at radius 1 is 1.50 bits per heavy atom. The number of rotatable bonds is 2. The van der Waals surface area contributed by atoms with Crippen LogP contribution in [0.5, 0.6) is 0 Å². The zero-order valence-corrected chi connectivity index (χ0v) is 9.03. The lowest BCUT2D eigenvalue weighted by Crippen LogP contribution is -2.41. The average Bonchev–Trinajstić information content (AvgIpc) is 2.62. The fraction of sp³-hybridized carbons (Fsp3) is 0.417. The fourth-order valence-corrected chi connectivity index (χ4v) is 2.36. The van der Waals surface area contributed by atoms with Crippen molar-refractivity contribution in [3.8, 4) is 0 Å². The van der Waals surface area contributed by atoms with Crippen molar-refractivity contribution in [3.63, 3.8) is 0 Å². The summed E-state index contributed by atoms with van der Waals surface area (Å²) in [5.41, 5.74) is 0.221. The van der Waals surface area contributed by atoms with Crippen molar-refractivity contribution in [2.45, 2.75) is 18.9 Å². The molecular weight excluding hydrogens is 209 g/mol. The maximum absolute atomic E-state index is 12.8. The summed E-state index contributed by atoms with van der Waals surface area (Å²) in [5.74, 6) is -1.58. The summed E-state index contributed by atoms with van der Waals surface area (Å²) in [4.78, 5) is 11.1. The van der Waals surface area contributed by atoms with Gasteiger partial charge < -0.3 is 10.4 Å². The zero-order valence-electron chi connectivity index (χ0n) is 9.03. The number of hydrogen-bond acceptors (Lipinski definition) is 2. The molecular formula is C12H14FNO2. The molecule has 0 amide bonds. The van der Waals surface area contributed by atoms with E-state index >= 15 is 0 Å².